The minimum atomic E-state index is -0.0328. The second-order valence-corrected chi connectivity index (χ2v) is 5.76. The summed E-state index contributed by atoms with van der Waals surface area (Å²) in [5.41, 5.74) is 4.59. The number of likely N-dealkylation sites (N-methyl/N-ethyl adjacent to an activating group) is 1. The minimum Gasteiger partial charge on any atom is -0.497 e. The maximum atomic E-state index is 12.3. The Hall–Kier alpha value is -3.14. The van der Waals surface area contributed by atoms with Crippen molar-refractivity contribution in [1.29, 1.82) is 0 Å². The number of hydrogen-bond donors (Lipinski definition) is 0. The molecule has 0 unspecified atom stereocenters. The number of nitrogens with zero attached hydrogens (tertiary/aromatic N) is 2. The van der Waals surface area contributed by atoms with E-state index in [-0.39, 0.29) is 12.5 Å². The molecule has 2 aromatic rings. The van der Waals surface area contributed by atoms with Crippen LogP contribution in [0.15, 0.2) is 71.9 Å². The number of carbonyl (C=O) groups is 1. The second kappa shape index (κ2) is 7.18. The minimum absolute atomic E-state index is 0.0328. The van der Waals surface area contributed by atoms with Gasteiger partial charge in [-0.1, -0.05) is 55.1 Å². The summed E-state index contributed by atoms with van der Waals surface area (Å²) in [6.07, 6.45) is 3.71. The van der Waals surface area contributed by atoms with Crippen molar-refractivity contribution in [3.05, 3.63) is 83.6 Å². The molecule has 0 aliphatic carbocycles. The summed E-state index contributed by atoms with van der Waals surface area (Å²) >= 11 is 0. The number of allylic oxidation sites excluding steroid dienone is 1. The summed E-state index contributed by atoms with van der Waals surface area (Å²) in [5.74, 6) is 0.542. The molecule has 0 saturated carbocycles. The normalized spacial score (nSPS) is 14.1. The van der Waals surface area contributed by atoms with E-state index in [1.807, 2.05) is 54.6 Å². The molecule has 0 aromatic heterocycles. The van der Waals surface area contributed by atoms with Crippen molar-refractivity contribution in [3.63, 3.8) is 0 Å². The Kier molecular flexibility index (Phi) is 4.80. The van der Waals surface area contributed by atoms with Crippen LogP contribution in [0.2, 0.25) is 0 Å². The van der Waals surface area contributed by atoms with E-state index in [1.54, 1.807) is 25.1 Å². The van der Waals surface area contributed by atoms with Crippen LogP contribution < -0.4 is 4.90 Å². The Labute approximate surface area is 147 Å². The van der Waals surface area contributed by atoms with Gasteiger partial charge >= 0.3 is 0 Å². The van der Waals surface area contributed by atoms with Gasteiger partial charge in [0.1, 0.15) is 12.3 Å². The van der Waals surface area contributed by atoms with Gasteiger partial charge in [0.25, 0.3) is 0 Å². The fourth-order valence-electron chi connectivity index (χ4n) is 2.70. The molecule has 25 heavy (non-hydrogen) atoms. The van der Waals surface area contributed by atoms with Gasteiger partial charge in [-0.25, -0.2) is 0 Å². The summed E-state index contributed by atoms with van der Waals surface area (Å²) in [7, 11) is 3.37. The lowest BCUT2D eigenvalue weighted by atomic mass is 9.98. The van der Waals surface area contributed by atoms with Crippen molar-refractivity contribution >= 4 is 23.4 Å². The van der Waals surface area contributed by atoms with Gasteiger partial charge in [-0.05, 0) is 17.7 Å². The molecule has 3 rings (SSSR count). The number of carbonyl (C=O) groups excluding carboxylic acids is 1. The molecule has 1 aliphatic heterocycles. The van der Waals surface area contributed by atoms with Crippen molar-refractivity contribution < 1.29 is 9.53 Å². The van der Waals surface area contributed by atoms with Gasteiger partial charge in [0.2, 0.25) is 5.91 Å². The van der Waals surface area contributed by atoms with E-state index in [1.165, 1.54) is 0 Å². The number of hydrogen-bond acceptors (Lipinski definition) is 3. The van der Waals surface area contributed by atoms with Gasteiger partial charge in [0.05, 0.1) is 18.5 Å². The molecule has 0 saturated heterocycles. The number of aliphatic imine (C=N–C) groups is 1. The molecule has 0 N–H and O–H groups in total. The molecular formula is C21H20N2O2. The third kappa shape index (κ3) is 3.53. The summed E-state index contributed by atoms with van der Waals surface area (Å²) in [6.45, 7) is 3.92. The third-order valence-corrected chi connectivity index (χ3v) is 4.16. The highest BCUT2D eigenvalue weighted by atomic mass is 16.5. The van der Waals surface area contributed by atoms with Crippen LogP contribution in [0, 0.1) is 0 Å². The predicted molar refractivity (Wildman–Crippen MR) is 102 cm³/mol. The van der Waals surface area contributed by atoms with Crippen LogP contribution in [0.4, 0.5) is 5.69 Å². The lowest BCUT2D eigenvalue weighted by Crippen LogP contribution is -2.27. The van der Waals surface area contributed by atoms with Crippen molar-refractivity contribution in [3.8, 4) is 0 Å². The second-order valence-electron chi connectivity index (χ2n) is 5.76. The van der Waals surface area contributed by atoms with E-state index in [0.29, 0.717) is 5.76 Å². The van der Waals surface area contributed by atoms with Crippen molar-refractivity contribution in [2.24, 2.45) is 4.99 Å². The van der Waals surface area contributed by atoms with Crippen molar-refractivity contribution in [2.75, 3.05) is 25.6 Å². The molecule has 0 spiro atoms. The summed E-state index contributed by atoms with van der Waals surface area (Å²) < 4.78 is 5.05. The lowest BCUT2D eigenvalue weighted by Gasteiger charge is -2.18. The van der Waals surface area contributed by atoms with Crippen LogP contribution in [0.25, 0.3) is 6.08 Å². The SMILES string of the molecule is C=C(/C=C/c1ccc2c(c1)N(C)C(=O)CN=C2c1ccccc1)OC. The smallest absolute Gasteiger partial charge is 0.248 e. The Balaban J connectivity index is 2.08. The molecule has 0 fully saturated rings. The third-order valence-electron chi connectivity index (χ3n) is 4.16. The topological polar surface area (TPSA) is 41.9 Å². The van der Waals surface area contributed by atoms with Gasteiger partial charge in [-0.2, -0.15) is 0 Å². The van der Waals surface area contributed by atoms with E-state index >= 15 is 0 Å². The summed E-state index contributed by atoms with van der Waals surface area (Å²) in [6, 6.07) is 15.9. The Morgan fingerprint density at radius 2 is 2.00 bits per heavy atom. The van der Waals surface area contributed by atoms with Crippen LogP contribution in [0.3, 0.4) is 0 Å². The first-order valence-corrected chi connectivity index (χ1v) is 8.02. The van der Waals surface area contributed by atoms with Gasteiger partial charge in [-0.3, -0.25) is 9.79 Å². The lowest BCUT2D eigenvalue weighted by molar-refractivity contribution is -0.116. The first kappa shape index (κ1) is 16.7. The van der Waals surface area contributed by atoms with Crippen LogP contribution in [-0.2, 0) is 9.53 Å². The number of benzodiazepines with no additional fused rings is 1. The van der Waals surface area contributed by atoms with Gasteiger partial charge in [0.15, 0.2) is 0 Å². The highest BCUT2D eigenvalue weighted by molar-refractivity contribution is 6.19. The number of benzene rings is 2. The molecule has 0 radical (unpaired) electrons. The highest BCUT2D eigenvalue weighted by Crippen LogP contribution is 2.28. The average molecular weight is 332 g/mol. The molecule has 1 amide bonds. The highest BCUT2D eigenvalue weighted by Gasteiger charge is 2.22. The molecule has 4 nitrogen and oxygen atoms in total. The monoisotopic (exact) mass is 332 g/mol. The van der Waals surface area contributed by atoms with Crippen molar-refractivity contribution in [1.82, 2.24) is 0 Å². The number of anilines is 1. The van der Waals surface area contributed by atoms with E-state index < -0.39 is 0 Å². The Bertz CT molecular complexity index is 867. The zero-order valence-electron chi connectivity index (χ0n) is 14.4. The molecule has 1 heterocycles. The van der Waals surface area contributed by atoms with Crippen LogP contribution in [0.5, 0.6) is 0 Å². The summed E-state index contributed by atoms with van der Waals surface area (Å²) in [4.78, 5) is 18.6. The standard InChI is InChI=1S/C21H20N2O2/c1-15(25-3)9-10-16-11-12-18-19(13-16)23(2)20(24)14-22-21(18)17-7-5-4-6-8-17/h4-13H,1,14H2,2-3H3/b10-9+. The fourth-order valence-corrected chi connectivity index (χ4v) is 2.70. The molecule has 1 aliphatic rings. The van der Waals surface area contributed by atoms with Crippen LogP contribution in [0.1, 0.15) is 16.7 Å². The average Bonchev–Trinajstić information content (AvgIpc) is 2.78. The molecule has 0 bridgehead atoms. The fraction of sp³-hybridized carbons (Fsp3) is 0.143. The van der Waals surface area contributed by atoms with Crippen LogP contribution in [-0.4, -0.2) is 32.3 Å². The predicted octanol–water partition coefficient (Wildman–Crippen LogP) is 3.67. The zero-order valence-corrected chi connectivity index (χ0v) is 14.4. The van der Waals surface area contributed by atoms with E-state index in [0.717, 1.165) is 28.1 Å². The quantitative estimate of drug-likeness (QED) is 0.633. The number of ether oxygens (including phenoxy) is 1. The first-order chi connectivity index (χ1) is 12.1. The van der Waals surface area contributed by atoms with Gasteiger partial charge in [-0.15, -0.1) is 0 Å². The molecule has 2 aromatic carbocycles. The maximum Gasteiger partial charge on any atom is 0.248 e. The Morgan fingerprint density at radius 3 is 2.72 bits per heavy atom. The maximum absolute atomic E-state index is 12.3. The molecular weight excluding hydrogens is 312 g/mol. The summed E-state index contributed by atoms with van der Waals surface area (Å²) in [5, 5.41) is 0. The Morgan fingerprint density at radius 1 is 1.24 bits per heavy atom. The number of rotatable bonds is 4. The van der Waals surface area contributed by atoms with Crippen molar-refractivity contribution in [2.45, 2.75) is 0 Å². The zero-order chi connectivity index (χ0) is 17.8. The van der Waals surface area contributed by atoms with E-state index in [9.17, 15) is 4.79 Å². The van der Waals surface area contributed by atoms with Crippen LogP contribution >= 0.6 is 0 Å². The number of amides is 1. The van der Waals surface area contributed by atoms with E-state index in [2.05, 4.69) is 11.6 Å². The molecule has 0 atom stereocenters. The largest absolute Gasteiger partial charge is 0.497 e. The van der Waals surface area contributed by atoms with Gasteiger partial charge in [0, 0.05) is 18.2 Å². The number of fused-ring (bicyclic) bond motifs is 1. The van der Waals surface area contributed by atoms with Gasteiger partial charge < -0.3 is 9.64 Å². The molecule has 4 heteroatoms. The molecule has 126 valence electrons. The van der Waals surface area contributed by atoms with E-state index in [4.69, 9.17) is 4.74 Å². The first-order valence-electron chi connectivity index (χ1n) is 8.02. The number of methoxy groups -OCH3 is 1.